The van der Waals surface area contributed by atoms with E-state index in [0.29, 0.717) is 3.43 Å². The molecule has 0 aromatic heterocycles. The predicted octanol–water partition coefficient (Wildman–Crippen LogP) is 4.69. The van der Waals surface area contributed by atoms with Gasteiger partial charge in [-0.25, -0.2) is 0 Å². The van der Waals surface area contributed by atoms with Gasteiger partial charge < -0.3 is 0 Å². The van der Waals surface area contributed by atoms with Crippen molar-refractivity contribution in [3.8, 4) is 0 Å². The maximum absolute atomic E-state index is 2.64. The van der Waals surface area contributed by atoms with Gasteiger partial charge in [0.25, 0.3) is 0 Å². The fourth-order valence-electron chi connectivity index (χ4n) is 2.05. The van der Waals surface area contributed by atoms with Gasteiger partial charge in [-0.3, -0.25) is 0 Å². The van der Waals surface area contributed by atoms with E-state index in [4.69, 9.17) is 0 Å². The third-order valence-electron chi connectivity index (χ3n) is 3.76. The molecule has 1 unspecified atom stereocenters. The molecule has 0 amide bonds. The zero-order valence-corrected chi connectivity index (χ0v) is 12.8. The first-order chi connectivity index (χ1) is 5.25. The molecule has 0 aromatic carbocycles. The van der Waals surface area contributed by atoms with Gasteiger partial charge >= 0.3 is 83.1 Å². The molecular formula is C11H26Sn. The summed E-state index contributed by atoms with van der Waals surface area (Å²) in [7, 11) is 0. The Morgan fingerprint density at radius 2 is 1.58 bits per heavy atom. The van der Waals surface area contributed by atoms with Crippen LogP contribution in [0.2, 0.25) is 16.7 Å². The monoisotopic (exact) mass is 278 g/mol. The number of hydrogen-bond acceptors (Lipinski definition) is 0. The van der Waals surface area contributed by atoms with Gasteiger partial charge in [0.15, 0.2) is 0 Å². The standard InChI is InChI=1S/C4H9.2C3H7.CH3.Sn/c1-4(2)3;2*1-3-2;;/h1-3H3;3H,1-2H3;1,3H2,2H3;1H3;. The first kappa shape index (κ1) is 12.8. The Bertz CT molecular complexity index is 132. The van der Waals surface area contributed by atoms with Crippen LogP contribution >= 0.6 is 0 Å². The summed E-state index contributed by atoms with van der Waals surface area (Å²) >= 11 is -1.80. The molecule has 1 atom stereocenters. The van der Waals surface area contributed by atoms with Crippen molar-refractivity contribution in [3.63, 3.8) is 0 Å². The summed E-state index contributed by atoms with van der Waals surface area (Å²) in [6, 6.07) is 0. The number of hydrogen-bond donors (Lipinski definition) is 0. The van der Waals surface area contributed by atoms with E-state index in [-0.39, 0.29) is 0 Å². The van der Waals surface area contributed by atoms with Crippen LogP contribution in [0, 0.1) is 0 Å². The molecule has 0 rings (SSSR count). The molecule has 0 heterocycles. The molecule has 12 heavy (non-hydrogen) atoms. The summed E-state index contributed by atoms with van der Waals surface area (Å²) in [5, 5.41) is 0. The molecule has 0 spiro atoms. The van der Waals surface area contributed by atoms with Crippen LogP contribution in [-0.2, 0) is 0 Å². The third-order valence-corrected chi connectivity index (χ3v) is 25.2. The minimum atomic E-state index is -1.80. The molecule has 1 heteroatoms. The van der Waals surface area contributed by atoms with E-state index in [1.165, 1.54) is 6.42 Å². The normalized spacial score (nSPS) is 18.0. The van der Waals surface area contributed by atoms with Crippen LogP contribution in [0.5, 0.6) is 0 Å². The topological polar surface area (TPSA) is 0 Å². The van der Waals surface area contributed by atoms with Crippen molar-refractivity contribution >= 4 is 18.4 Å². The van der Waals surface area contributed by atoms with Gasteiger partial charge in [-0.15, -0.1) is 0 Å². The number of rotatable bonds is 3. The van der Waals surface area contributed by atoms with E-state index in [0.717, 1.165) is 3.93 Å². The molecule has 0 aliphatic carbocycles. The SMILES string of the molecule is CC[CH2][Sn]([CH3])([CH](C)C)[C](C)(C)C. The maximum atomic E-state index is 2.64. The molecule has 0 aromatic rings. The molecule has 0 fully saturated rings. The van der Waals surface area contributed by atoms with Crippen molar-refractivity contribution < 1.29 is 0 Å². The summed E-state index contributed by atoms with van der Waals surface area (Å²) in [6.07, 6.45) is 1.39. The average molecular weight is 277 g/mol. The molecule has 0 nitrogen and oxygen atoms in total. The van der Waals surface area contributed by atoms with Crippen molar-refractivity contribution in [2.24, 2.45) is 0 Å². The van der Waals surface area contributed by atoms with E-state index in [2.05, 4.69) is 46.5 Å². The fraction of sp³-hybridized carbons (Fsp3) is 1.00. The van der Waals surface area contributed by atoms with Crippen molar-refractivity contribution in [3.05, 3.63) is 0 Å². The molecule has 0 radical (unpaired) electrons. The quantitative estimate of drug-likeness (QED) is 0.657. The van der Waals surface area contributed by atoms with Crippen LogP contribution in [0.3, 0.4) is 0 Å². The molecule has 0 aliphatic rings. The van der Waals surface area contributed by atoms with Crippen LogP contribution in [0.15, 0.2) is 0 Å². The van der Waals surface area contributed by atoms with E-state index < -0.39 is 18.4 Å². The van der Waals surface area contributed by atoms with E-state index in [9.17, 15) is 0 Å². The van der Waals surface area contributed by atoms with Crippen LogP contribution in [-0.4, -0.2) is 18.4 Å². The summed E-state index contributed by atoms with van der Waals surface area (Å²) in [4.78, 5) is 2.64. The van der Waals surface area contributed by atoms with Gasteiger partial charge in [-0.05, 0) is 0 Å². The van der Waals surface area contributed by atoms with Crippen LogP contribution in [0.1, 0.15) is 48.0 Å². The van der Waals surface area contributed by atoms with Gasteiger partial charge in [0, 0.05) is 0 Å². The van der Waals surface area contributed by atoms with Crippen molar-refractivity contribution in [2.45, 2.75) is 64.7 Å². The van der Waals surface area contributed by atoms with Gasteiger partial charge in [-0.2, -0.15) is 0 Å². The van der Waals surface area contributed by atoms with Crippen molar-refractivity contribution in [2.75, 3.05) is 0 Å². The van der Waals surface area contributed by atoms with Crippen LogP contribution in [0.25, 0.3) is 0 Å². The Kier molecular flexibility index (Phi) is 4.63. The Balaban J connectivity index is 4.62. The second-order valence-electron chi connectivity index (χ2n) is 5.57. The Labute approximate surface area is 83.0 Å². The van der Waals surface area contributed by atoms with Gasteiger partial charge in [0.05, 0.1) is 0 Å². The van der Waals surface area contributed by atoms with E-state index in [1.807, 2.05) is 0 Å². The predicted molar refractivity (Wildman–Crippen MR) is 61.5 cm³/mol. The summed E-state index contributed by atoms with van der Waals surface area (Å²) in [5.74, 6) is 0. The Morgan fingerprint density at radius 1 is 1.17 bits per heavy atom. The van der Waals surface area contributed by atoms with Crippen LogP contribution < -0.4 is 0 Å². The van der Waals surface area contributed by atoms with E-state index >= 15 is 0 Å². The minimum absolute atomic E-state index is 0.638. The van der Waals surface area contributed by atoms with Crippen LogP contribution in [0.4, 0.5) is 0 Å². The Hall–Kier alpha value is 0.799. The second kappa shape index (κ2) is 4.34. The molecule has 0 bridgehead atoms. The summed E-state index contributed by atoms with van der Waals surface area (Å²) in [6.45, 7) is 14.6. The molecule has 0 aliphatic heterocycles. The molecule has 0 N–H and O–H groups in total. The van der Waals surface area contributed by atoms with Gasteiger partial charge in [-0.1, -0.05) is 0 Å². The molecular weight excluding hydrogens is 251 g/mol. The summed E-state index contributed by atoms with van der Waals surface area (Å²) < 4.78 is 3.17. The third kappa shape index (κ3) is 2.65. The zero-order valence-electron chi connectivity index (χ0n) is 9.99. The zero-order chi connectivity index (χ0) is 9.99. The second-order valence-corrected chi connectivity index (χ2v) is 22.7. The van der Waals surface area contributed by atoms with Gasteiger partial charge in [0.2, 0.25) is 0 Å². The van der Waals surface area contributed by atoms with Gasteiger partial charge in [0.1, 0.15) is 0 Å². The fourth-order valence-corrected chi connectivity index (χ4v) is 13.7. The van der Waals surface area contributed by atoms with Crippen molar-refractivity contribution in [1.82, 2.24) is 0 Å². The Morgan fingerprint density at radius 3 is 1.67 bits per heavy atom. The van der Waals surface area contributed by atoms with Crippen molar-refractivity contribution in [1.29, 1.82) is 0 Å². The first-order valence-corrected chi connectivity index (χ1v) is 13.2. The first-order valence-electron chi connectivity index (χ1n) is 5.25. The molecule has 0 saturated heterocycles. The summed E-state index contributed by atoms with van der Waals surface area (Å²) in [5.41, 5.74) is 0. The van der Waals surface area contributed by atoms with E-state index in [1.54, 1.807) is 4.44 Å². The molecule has 74 valence electrons. The molecule has 0 saturated carbocycles. The average Bonchev–Trinajstić information content (AvgIpc) is 1.85.